The third-order valence-corrected chi connectivity index (χ3v) is 8.87. The van der Waals surface area contributed by atoms with Gasteiger partial charge in [-0.3, -0.25) is 9.80 Å². The summed E-state index contributed by atoms with van der Waals surface area (Å²) in [5.41, 5.74) is 5.93. The van der Waals surface area contributed by atoms with Crippen LogP contribution < -0.4 is 10.3 Å². The van der Waals surface area contributed by atoms with E-state index in [0.29, 0.717) is 23.6 Å². The lowest BCUT2D eigenvalue weighted by Crippen LogP contribution is -2.41. The van der Waals surface area contributed by atoms with Crippen LogP contribution in [-0.4, -0.2) is 53.7 Å². The lowest BCUT2D eigenvalue weighted by Gasteiger charge is -2.34. The molecule has 6 rings (SSSR count). The van der Waals surface area contributed by atoms with E-state index in [1.807, 2.05) is 13.0 Å². The van der Waals surface area contributed by atoms with Gasteiger partial charge in [0.2, 0.25) is 0 Å². The Bertz CT molecular complexity index is 1170. The van der Waals surface area contributed by atoms with E-state index in [4.69, 9.17) is 21.7 Å². The van der Waals surface area contributed by atoms with Crippen LogP contribution in [0.4, 0.5) is 5.69 Å². The fourth-order valence-electron chi connectivity index (χ4n) is 6.59. The number of halogens is 1. The SMILES string of the molecule is Cc1ccc(N2N=C3c4ccc(C(=O)N[C@H]5CCN(C)C5)nc4CCC3C2C2CCCC2)cc1Cl. The zero-order valence-corrected chi connectivity index (χ0v) is 21.4. The highest BCUT2D eigenvalue weighted by Gasteiger charge is 2.46. The van der Waals surface area contributed by atoms with Gasteiger partial charge in [0.25, 0.3) is 5.91 Å². The molecule has 2 unspecified atom stereocenters. The average molecular weight is 492 g/mol. The Labute approximate surface area is 212 Å². The number of amides is 1. The average Bonchev–Trinajstić information content (AvgIpc) is 3.60. The Kier molecular flexibility index (Phi) is 6.05. The van der Waals surface area contributed by atoms with Gasteiger partial charge in [-0.1, -0.05) is 30.5 Å². The summed E-state index contributed by atoms with van der Waals surface area (Å²) in [5, 5.41) is 11.4. The predicted octanol–water partition coefficient (Wildman–Crippen LogP) is 4.82. The molecule has 35 heavy (non-hydrogen) atoms. The van der Waals surface area contributed by atoms with Crippen LogP contribution in [0.15, 0.2) is 35.4 Å². The van der Waals surface area contributed by atoms with Crippen LogP contribution in [0.25, 0.3) is 0 Å². The number of benzene rings is 1. The molecule has 1 saturated carbocycles. The molecule has 1 saturated heterocycles. The molecule has 1 N–H and O–H groups in total. The van der Waals surface area contributed by atoms with Gasteiger partial charge in [-0.25, -0.2) is 4.98 Å². The second-order valence-corrected chi connectivity index (χ2v) is 11.3. The smallest absolute Gasteiger partial charge is 0.270 e. The summed E-state index contributed by atoms with van der Waals surface area (Å²) >= 11 is 6.52. The number of carbonyl (C=O) groups excluding carboxylic acids is 1. The minimum atomic E-state index is -0.0664. The maximum Gasteiger partial charge on any atom is 0.270 e. The molecule has 0 spiro atoms. The first-order chi connectivity index (χ1) is 17.0. The van der Waals surface area contributed by atoms with Gasteiger partial charge in [-0.15, -0.1) is 0 Å². The monoisotopic (exact) mass is 491 g/mol. The molecule has 4 aliphatic rings. The van der Waals surface area contributed by atoms with Crippen LogP contribution in [0, 0.1) is 18.8 Å². The van der Waals surface area contributed by atoms with Crippen molar-refractivity contribution >= 4 is 28.9 Å². The Morgan fingerprint density at radius 1 is 1.11 bits per heavy atom. The number of likely N-dealkylation sites (tertiary alicyclic amines) is 1. The lowest BCUT2D eigenvalue weighted by molar-refractivity contribution is 0.0933. The topological polar surface area (TPSA) is 60.8 Å². The van der Waals surface area contributed by atoms with Crippen molar-refractivity contribution in [2.75, 3.05) is 25.1 Å². The number of hydrogen-bond donors (Lipinski definition) is 1. The van der Waals surface area contributed by atoms with E-state index >= 15 is 0 Å². The number of anilines is 1. The quantitative estimate of drug-likeness (QED) is 0.666. The number of carbonyl (C=O) groups is 1. The summed E-state index contributed by atoms with van der Waals surface area (Å²) < 4.78 is 0. The highest BCUT2D eigenvalue weighted by molar-refractivity contribution is 6.31. The van der Waals surface area contributed by atoms with Crippen molar-refractivity contribution in [3.8, 4) is 0 Å². The van der Waals surface area contributed by atoms with E-state index in [9.17, 15) is 4.79 Å². The van der Waals surface area contributed by atoms with Gasteiger partial charge in [0.15, 0.2) is 0 Å². The largest absolute Gasteiger partial charge is 0.347 e. The highest BCUT2D eigenvalue weighted by Crippen LogP contribution is 2.44. The van der Waals surface area contributed by atoms with Crippen molar-refractivity contribution < 1.29 is 4.79 Å². The molecule has 3 atom stereocenters. The molecule has 2 aromatic rings. The van der Waals surface area contributed by atoms with E-state index in [1.165, 1.54) is 25.7 Å². The van der Waals surface area contributed by atoms with Crippen LogP contribution in [0.1, 0.15) is 65.8 Å². The molecular weight excluding hydrogens is 458 g/mol. The summed E-state index contributed by atoms with van der Waals surface area (Å²) in [5.74, 6) is 0.968. The number of pyridine rings is 1. The Hall–Kier alpha value is -2.44. The molecule has 3 heterocycles. The molecular formula is C28H34ClN5O. The Balaban J connectivity index is 1.31. The summed E-state index contributed by atoms with van der Waals surface area (Å²) in [6, 6.07) is 10.8. The normalized spacial score (nSPS) is 26.5. The molecule has 7 heteroatoms. The summed E-state index contributed by atoms with van der Waals surface area (Å²) in [7, 11) is 2.09. The number of fused-ring (bicyclic) bond motifs is 3. The Morgan fingerprint density at radius 2 is 1.94 bits per heavy atom. The molecule has 1 aromatic heterocycles. The lowest BCUT2D eigenvalue weighted by atomic mass is 9.76. The van der Waals surface area contributed by atoms with Crippen LogP contribution in [0.3, 0.4) is 0 Å². The van der Waals surface area contributed by atoms with Crippen molar-refractivity contribution in [3.05, 3.63) is 57.9 Å². The van der Waals surface area contributed by atoms with Crippen molar-refractivity contribution in [2.24, 2.45) is 16.9 Å². The number of nitrogens with one attached hydrogen (secondary N) is 1. The first-order valence-electron chi connectivity index (χ1n) is 13.1. The summed E-state index contributed by atoms with van der Waals surface area (Å²) in [6.07, 6.45) is 8.04. The molecule has 184 valence electrons. The van der Waals surface area contributed by atoms with Crippen LogP contribution in [-0.2, 0) is 6.42 Å². The molecule has 1 amide bonds. The molecule has 2 fully saturated rings. The van der Waals surface area contributed by atoms with Crippen molar-refractivity contribution in [1.82, 2.24) is 15.2 Å². The third kappa shape index (κ3) is 4.25. The fraction of sp³-hybridized carbons (Fsp3) is 0.536. The van der Waals surface area contributed by atoms with E-state index in [2.05, 4.69) is 46.5 Å². The van der Waals surface area contributed by atoms with Crippen LogP contribution in [0.5, 0.6) is 0 Å². The summed E-state index contributed by atoms with van der Waals surface area (Å²) in [6.45, 7) is 3.96. The number of aromatic nitrogens is 1. The number of nitrogens with zero attached hydrogens (tertiary/aromatic N) is 4. The van der Waals surface area contributed by atoms with Gasteiger partial charge < -0.3 is 10.2 Å². The maximum absolute atomic E-state index is 12.9. The molecule has 6 nitrogen and oxygen atoms in total. The van der Waals surface area contributed by atoms with Gasteiger partial charge in [-0.2, -0.15) is 5.10 Å². The second kappa shape index (κ2) is 9.21. The van der Waals surface area contributed by atoms with Crippen molar-refractivity contribution in [2.45, 2.75) is 64.0 Å². The first-order valence-corrected chi connectivity index (χ1v) is 13.5. The number of likely N-dealkylation sites (N-methyl/N-ethyl adjacent to an activating group) is 1. The van der Waals surface area contributed by atoms with Gasteiger partial charge >= 0.3 is 0 Å². The van der Waals surface area contributed by atoms with Gasteiger partial charge in [0.05, 0.1) is 23.1 Å². The van der Waals surface area contributed by atoms with Gasteiger partial charge in [0.1, 0.15) is 5.69 Å². The number of hydrazone groups is 1. The molecule has 2 aliphatic heterocycles. The van der Waals surface area contributed by atoms with E-state index in [0.717, 1.165) is 65.6 Å². The Morgan fingerprint density at radius 3 is 2.69 bits per heavy atom. The summed E-state index contributed by atoms with van der Waals surface area (Å²) in [4.78, 5) is 20.0. The third-order valence-electron chi connectivity index (χ3n) is 8.47. The molecule has 0 bridgehead atoms. The first kappa shape index (κ1) is 23.0. The molecule has 2 aliphatic carbocycles. The van der Waals surface area contributed by atoms with Crippen LogP contribution >= 0.6 is 11.6 Å². The minimum absolute atomic E-state index is 0.0664. The number of aryl methyl sites for hydroxylation is 2. The number of rotatable bonds is 4. The standard InChI is InChI=1S/C28H34ClN5O/c1-17-7-8-20(15-23(17)29)34-27(18-5-3-4-6-18)22-10-11-24-21(26(22)32-34)9-12-25(31-24)28(35)30-19-13-14-33(2)16-19/h7-9,12,15,18-19,22,27H,3-6,10-11,13-14,16H2,1-2H3,(H,30,35)/t19-,22?,27?/m0/s1. The minimum Gasteiger partial charge on any atom is -0.347 e. The van der Waals surface area contributed by atoms with Gasteiger partial charge in [0, 0.05) is 29.1 Å². The van der Waals surface area contributed by atoms with E-state index in [1.54, 1.807) is 0 Å². The number of hydrogen-bond acceptors (Lipinski definition) is 5. The van der Waals surface area contributed by atoms with Crippen molar-refractivity contribution in [3.63, 3.8) is 0 Å². The fourth-order valence-corrected chi connectivity index (χ4v) is 6.76. The van der Waals surface area contributed by atoms with Crippen LogP contribution in [0.2, 0.25) is 5.02 Å². The zero-order valence-electron chi connectivity index (χ0n) is 20.6. The van der Waals surface area contributed by atoms with Crippen molar-refractivity contribution in [1.29, 1.82) is 0 Å². The van der Waals surface area contributed by atoms with Gasteiger partial charge in [-0.05, 0) is 88.4 Å². The second-order valence-electron chi connectivity index (χ2n) is 10.9. The maximum atomic E-state index is 12.9. The zero-order chi connectivity index (χ0) is 24.1. The highest BCUT2D eigenvalue weighted by atomic mass is 35.5. The van der Waals surface area contributed by atoms with E-state index in [-0.39, 0.29) is 11.9 Å². The molecule has 0 radical (unpaired) electrons. The van der Waals surface area contributed by atoms with E-state index < -0.39 is 0 Å². The molecule has 1 aromatic carbocycles. The predicted molar refractivity (Wildman–Crippen MR) is 140 cm³/mol.